The first kappa shape index (κ1) is 13.1. The minimum absolute atomic E-state index is 0.0313. The van der Waals surface area contributed by atoms with Crippen LogP contribution in [0.15, 0.2) is 42.6 Å². The van der Waals surface area contributed by atoms with Gasteiger partial charge in [0, 0.05) is 17.6 Å². The van der Waals surface area contributed by atoms with Crippen LogP contribution in [0.4, 0.5) is 11.4 Å². The Morgan fingerprint density at radius 2 is 1.84 bits per heavy atom. The van der Waals surface area contributed by atoms with E-state index in [-0.39, 0.29) is 5.69 Å². The molecule has 98 valence electrons. The van der Waals surface area contributed by atoms with Crippen molar-refractivity contribution in [3.8, 4) is 0 Å². The molecule has 0 aliphatic heterocycles. The number of pyridine rings is 1. The molecule has 4 heteroatoms. The third-order valence-corrected chi connectivity index (χ3v) is 2.85. The summed E-state index contributed by atoms with van der Waals surface area (Å²) in [4.78, 5) is 14.6. The van der Waals surface area contributed by atoms with E-state index in [1.165, 1.54) is 17.8 Å². The van der Waals surface area contributed by atoms with Gasteiger partial charge in [-0.2, -0.15) is 0 Å². The number of carboxylic acids is 1. The zero-order valence-corrected chi connectivity index (χ0v) is 10.9. The summed E-state index contributed by atoms with van der Waals surface area (Å²) in [7, 11) is 0. The Balaban J connectivity index is 2.16. The molecule has 2 N–H and O–H groups in total. The van der Waals surface area contributed by atoms with Crippen LogP contribution in [0.2, 0.25) is 0 Å². The Labute approximate surface area is 112 Å². The Morgan fingerprint density at radius 1 is 1.16 bits per heavy atom. The lowest BCUT2D eigenvalue weighted by Crippen LogP contribution is -2.01. The van der Waals surface area contributed by atoms with Crippen LogP contribution < -0.4 is 5.32 Å². The Morgan fingerprint density at radius 3 is 2.42 bits per heavy atom. The van der Waals surface area contributed by atoms with Gasteiger partial charge in [0.05, 0.1) is 0 Å². The summed E-state index contributed by atoms with van der Waals surface area (Å²) in [6.07, 6.45) is 1.48. The van der Waals surface area contributed by atoms with Crippen molar-refractivity contribution in [2.75, 3.05) is 5.32 Å². The number of aromatic carboxylic acids is 1. The summed E-state index contributed by atoms with van der Waals surface area (Å²) in [6.45, 7) is 4.29. The van der Waals surface area contributed by atoms with E-state index in [0.29, 0.717) is 11.6 Å². The number of nitrogens with one attached hydrogen (secondary N) is 1. The molecule has 4 nitrogen and oxygen atoms in total. The monoisotopic (exact) mass is 256 g/mol. The Kier molecular flexibility index (Phi) is 3.80. The Bertz CT molecular complexity index is 577. The average Bonchev–Trinajstić information content (AvgIpc) is 2.39. The molecule has 2 rings (SSSR count). The molecule has 0 bridgehead atoms. The van der Waals surface area contributed by atoms with Crippen LogP contribution in [0.25, 0.3) is 0 Å². The normalized spacial score (nSPS) is 10.5. The van der Waals surface area contributed by atoms with E-state index < -0.39 is 5.97 Å². The van der Waals surface area contributed by atoms with E-state index in [0.717, 1.165) is 5.69 Å². The van der Waals surface area contributed by atoms with Gasteiger partial charge in [0.15, 0.2) is 0 Å². The lowest BCUT2D eigenvalue weighted by atomic mass is 10.0. The second-order valence-corrected chi connectivity index (χ2v) is 4.64. The van der Waals surface area contributed by atoms with Gasteiger partial charge in [-0.25, -0.2) is 9.78 Å². The van der Waals surface area contributed by atoms with Gasteiger partial charge < -0.3 is 10.4 Å². The number of rotatable bonds is 4. The highest BCUT2D eigenvalue weighted by Crippen LogP contribution is 2.20. The molecule has 0 radical (unpaired) electrons. The van der Waals surface area contributed by atoms with Crippen LogP contribution in [-0.2, 0) is 0 Å². The highest BCUT2D eigenvalue weighted by molar-refractivity contribution is 5.86. The first-order chi connectivity index (χ1) is 9.06. The van der Waals surface area contributed by atoms with Crippen LogP contribution in [-0.4, -0.2) is 16.1 Å². The van der Waals surface area contributed by atoms with Crippen LogP contribution >= 0.6 is 0 Å². The molecule has 0 unspecified atom stereocenters. The number of aromatic nitrogens is 1. The van der Waals surface area contributed by atoms with Gasteiger partial charge >= 0.3 is 5.97 Å². The predicted octanol–water partition coefficient (Wildman–Crippen LogP) is 3.65. The molecule has 0 saturated heterocycles. The van der Waals surface area contributed by atoms with Gasteiger partial charge in [0.1, 0.15) is 5.69 Å². The standard InChI is InChI=1S/C15H16N2O2/c1-10(2)11-3-5-12(6-4-11)17-13-7-8-16-14(9-13)15(18)19/h3-10H,1-2H3,(H,16,17)(H,18,19). The molecule has 0 saturated carbocycles. The molecule has 0 fully saturated rings. The molecule has 2 aromatic rings. The van der Waals surface area contributed by atoms with Crippen molar-refractivity contribution >= 4 is 17.3 Å². The maximum Gasteiger partial charge on any atom is 0.354 e. The lowest BCUT2D eigenvalue weighted by Gasteiger charge is -2.09. The van der Waals surface area contributed by atoms with E-state index in [4.69, 9.17) is 5.11 Å². The van der Waals surface area contributed by atoms with Crippen molar-refractivity contribution in [3.05, 3.63) is 53.9 Å². The van der Waals surface area contributed by atoms with Gasteiger partial charge in [-0.3, -0.25) is 0 Å². The SMILES string of the molecule is CC(C)c1ccc(Nc2ccnc(C(=O)O)c2)cc1. The van der Waals surface area contributed by atoms with E-state index in [1.807, 2.05) is 12.1 Å². The number of benzene rings is 1. The highest BCUT2D eigenvalue weighted by atomic mass is 16.4. The minimum Gasteiger partial charge on any atom is -0.477 e. The zero-order valence-electron chi connectivity index (χ0n) is 10.9. The zero-order chi connectivity index (χ0) is 13.8. The number of anilines is 2. The fraction of sp³-hybridized carbons (Fsp3) is 0.200. The number of carboxylic acid groups (broad SMARTS) is 1. The van der Waals surface area contributed by atoms with Crippen molar-refractivity contribution < 1.29 is 9.90 Å². The van der Waals surface area contributed by atoms with Crippen LogP contribution in [0.1, 0.15) is 35.8 Å². The van der Waals surface area contributed by atoms with E-state index >= 15 is 0 Å². The summed E-state index contributed by atoms with van der Waals surface area (Å²) in [5.41, 5.74) is 2.94. The van der Waals surface area contributed by atoms with Crippen LogP contribution in [0, 0.1) is 0 Å². The largest absolute Gasteiger partial charge is 0.477 e. The summed E-state index contributed by atoms with van der Waals surface area (Å²) < 4.78 is 0. The fourth-order valence-corrected chi connectivity index (χ4v) is 1.74. The summed E-state index contributed by atoms with van der Waals surface area (Å²) in [5, 5.41) is 12.0. The van der Waals surface area contributed by atoms with Gasteiger partial charge in [-0.1, -0.05) is 26.0 Å². The molecule has 1 heterocycles. The smallest absolute Gasteiger partial charge is 0.354 e. The average molecular weight is 256 g/mol. The second-order valence-electron chi connectivity index (χ2n) is 4.64. The quantitative estimate of drug-likeness (QED) is 0.876. The van der Waals surface area contributed by atoms with Crippen LogP contribution in [0.5, 0.6) is 0 Å². The summed E-state index contributed by atoms with van der Waals surface area (Å²) in [6, 6.07) is 11.3. The lowest BCUT2D eigenvalue weighted by molar-refractivity contribution is 0.0690. The molecule has 0 aliphatic carbocycles. The van der Waals surface area contributed by atoms with E-state index in [9.17, 15) is 4.79 Å². The van der Waals surface area contributed by atoms with Gasteiger partial charge in [0.2, 0.25) is 0 Å². The molecule has 1 aromatic heterocycles. The Hall–Kier alpha value is -2.36. The third kappa shape index (κ3) is 3.31. The maximum atomic E-state index is 10.8. The number of nitrogens with zero attached hydrogens (tertiary/aromatic N) is 1. The third-order valence-electron chi connectivity index (χ3n) is 2.85. The maximum absolute atomic E-state index is 10.8. The number of carbonyl (C=O) groups is 1. The van der Waals surface area contributed by atoms with Crippen molar-refractivity contribution in [1.29, 1.82) is 0 Å². The molecular formula is C15H16N2O2. The number of hydrogen-bond donors (Lipinski definition) is 2. The highest BCUT2D eigenvalue weighted by Gasteiger charge is 2.05. The fourth-order valence-electron chi connectivity index (χ4n) is 1.74. The van der Waals surface area contributed by atoms with Crippen LogP contribution in [0.3, 0.4) is 0 Å². The van der Waals surface area contributed by atoms with Crippen molar-refractivity contribution in [2.24, 2.45) is 0 Å². The molecule has 1 aromatic carbocycles. The summed E-state index contributed by atoms with van der Waals surface area (Å²) >= 11 is 0. The molecule has 0 amide bonds. The van der Waals surface area contributed by atoms with Crippen molar-refractivity contribution in [3.63, 3.8) is 0 Å². The summed E-state index contributed by atoms with van der Waals surface area (Å²) in [5.74, 6) is -0.535. The van der Waals surface area contributed by atoms with Gasteiger partial charge in [0.25, 0.3) is 0 Å². The molecule has 19 heavy (non-hydrogen) atoms. The predicted molar refractivity (Wildman–Crippen MR) is 75.0 cm³/mol. The first-order valence-electron chi connectivity index (χ1n) is 6.12. The molecule has 0 atom stereocenters. The van der Waals surface area contributed by atoms with Gasteiger partial charge in [-0.15, -0.1) is 0 Å². The topological polar surface area (TPSA) is 62.2 Å². The van der Waals surface area contributed by atoms with Gasteiger partial charge in [-0.05, 0) is 35.7 Å². The van der Waals surface area contributed by atoms with Crippen molar-refractivity contribution in [1.82, 2.24) is 4.98 Å². The molecule has 0 spiro atoms. The molecular weight excluding hydrogens is 240 g/mol. The minimum atomic E-state index is -1.03. The second kappa shape index (κ2) is 5.52. The van der Waals surface area contributed by atoms with E-state index in [1.54, 1.807) is 6.07 Å². The molecule has 0 aliphatic rings. The first-order valence-corrected chi connectivity index (χ1v) is 6.12. The van der Waals surface area contributed by atoms with Crippen molar-refractivity contribution in [2.45, 2.75) is 19.8 Å². The number of hydrogen-bond acceptors (Lipinski definition) is 3. The van der Waals surface area contributed by atoms with E-state index in [2.05, 4.69) is 36.3 Å².